The topological polar surface area (TPSA) is 113 Å². The quantitative estimate of drug-likeness (QED) is 0.298. The van der Waals surface area contributed by atoms with E-state index in [9.17, 15) is 14.4 Å². The first kappa shape index (κ1) is 29.0. The lowest BCUT2D eigenvalue weighted by molar-refractivity contribution is -0.120. The highest BCUT2D eigenvalue weighted by Crippen LogP contribution is 2.25. The predicted octanol–water partition coefficient (Wildman–Crippen LogP) is 4.97. The van der Waals surface area contributed by atoms with E-state index >= 15 is 0 Å². The average Bonchev–Trinajstić information content (AvgIpc) is 3.74. The van der Waals surface area contributed by atoms with E-state index in [1.165, 1.54) is 0 Å². The van der Waals surface area contributed by atoms with Crippen molar-refractivity contribution in [1.82, 2.24) is 15.2 Å². The van der Waals surface area contributed by atoms with Gasteiger partial charge in [-0.1, -0.05) is 43.3 Å². The fraction of sp³-hybridized carbons (Fsp3) is 0.333. The van der Waals surface area contributed by atoms with Gasteiger partial charge in [-0.3, -0.25) is 14.4 Å². The zero-order chi connectivity index (χ0) is 29.3. The molecule has 0 aliphatic carbocycles. The Labute approximate surface area is 246 Å². The number of anilines is 2. The minimum absolute atomic E-state index is 0.00885. The number of likely N-dealkylation sites (tertiary alicyclic amines) is 1. The maximum atomic E-state index is 13.3. The summed E-state index contributed by atoms with van der Waals surface area (Å²) in [6.45, 7) is 3.87. The normalized spacial score (nSPS) is 18.3. The van der Waals surface area contributed by atoms with Gasteiger partial charge in [0.05, 0.1) is 12.6 Å². The van der Waals surface area contributed by atoms with Crippen molar-refractivity contribution in [2.45, 2.75) is 51.1 Å². The van der Waals surface area contributed by atoms with Gasteiger partial charge in [-0.25, -0.2) is 4.98 Å². The van der Waals surface area contributed by atoms with Crippen LogP contribution in [0.15, 0.2) is 66.9 Å². The number of benzene rings is 2. The standard InChI is InChI=1S/C33H37N5O4/c1-2-22-42-29-8-4-20-35-30(29)33(41)38-21-5-7-28(38)32(40)37-26-17-13-24(14-18-26)10-9-23-11-15-25(16-12-23)36-31(39)27-6-3-19-34-27/h4,8-18,20,27-28,34H,2-3,5-7,19,21-22H2,1H3,(H,36,39)(H,37,40)/b10-9+/t27-,28-/m0/s1. The van der Waals surface area contributed by atoms with Crippen LogP contribution < -0.4 is 20.7 Å². The van der Waals surface area contributed by atoms with E-state index in [0.29, 0.717) is 31.0 Å². The van der Waals surface area contributed by atoms with E-state index in [1.54, 1.807) is 23.2 Å². The van der Waals surface area contributed by atoms with Gasteiger partial charge in [0.15, 0.2) is 11.4 Å². The van der Waals surface area contributed by atoms with Gasteiger partial charge in [-0.2, -0.15) is 0 Å². The Morgan fingerprint density at radius 2 is 1.60 bits per heavy atom. The smallest absolute Gasteiger partial charge is 0.276 e. The Bertz CT molecular complexity index is 1420. The Kier molecular flexibility index (Phi) is 9.61. The van der Waals surface area contributed by atoms with Crippen molar-refractivity contribution in [2.75, 3.05) is 30.3 Å². The second-order valence-corrected chi connectivity index (χ2v) is 10.6. The summed E-state index contributed by atoms with van der Waals surface area (Å²) < 4.78 is 5.72. The van der Waals surface area contributed by atoms with Gasteiger partial charge in [-0.15, -0.1) is 0 Å². The van der Waals surface area contributed by atoms with Crippen LogP contribution in [0.25, 0.3) is 12.2 Å². The van der Waals surface area contributed by atoms with Crippen molar-refractivity contribution in [3.63, 3.8) is 0 Å². The minimum Gasteiger partial charge on any atom is -0.491 e. The van der Waals surface area contributed by atoms with Gasteiger partial charge in [-0.05, 0) is 86.2 Å². The molecule has 3 N–H and O–H groups in total. The van der Waals surface area contributed by atoms with Gasteiger partial charge in [0.25, 0.3) is 5.91 Å². The van der Waals surface area contributed by atoms with Crippen LogP contribution in [-0.4, -0.2) is 59.4 Å². The van der Waals surface area contributed by atoms with Gasteiger partial charge in [0, 0.05) is 24.1 Å². The second-order valence-electron chi connectivity index (χ2n) is 10.6. The van der Waals surface area contributed by atoms with Crippen LogP contribution in [-0.2, 0) is 9.59 Å². The molecule has 3 heterocycles. The largest absolute Gasteiger partial charge is 0.491 e. The first-order chi connectivity index (χ1) is 20.5. The third kappa shape index (κ3) is 7.22. The van der Waals surface area contributed by atoms with Crippen molar-refractivity contribution >= 4 is 41.2 Å². The van der Waals surface area contributed by atoms with E-state index in [2.05, 4.69) is 20.9 Å². The molecule has 2 saturated heterocycles. The summed E-state index contributed by atoms with van der Waals surface area (Å²) in [6.07, 6.45) is 9.61. The van der Waals surface area contributed by atoms with Gasteiger partial charge < -0.3 is 25.6 Å². The summed E-state index contributed by atoms with van der Waals surface area (Å²) in [5.74, 6) is -0.0544. The van der Waals surface area contributed by atoms with E-state index in [0.717, 1.165) is 49.0 Å². The molecule has 3 aromatic rings. The molecule has 218 valence electrons. The highest BCUT2D eigenvalue weighted by Gasteiger charge is 2.36. The summed E-state index contributed by atoms with van der Waals surface area (Å²) in [5.41, 5.74) is 3.66. The molecule has 2 fully saturated rings. The maximum absolute atomic E-state index is 13.3. The highest BCUT2D eigenvalue weighted by atomic mass is 16.5. The number of hydrogen-bond acceptors (Lipinski definition) is 6. The molecule has 0 saturated carbocycles. The molecule has 42 heavy (non-hydrogen) atoms. The SMILES string of the molecule is CCCOc1cccnc1C(=O)N1CCC[C@H]1C(=O)Nc1ccc(/C=C/c2ccc(NC(=O)[C@@H]3CCCN3)cc2)cc1. The monoisotopic (exact) mass is 567 g/mol. The number of ether oxygens (including phenoxy) is 1. The van der Waals surface area contributed by atoms with E-state index < -0.39 is 6.04 Å². The Balaban J connectivity index is 1.15. The first-order valence-corrected chi connectivity index (χ1v) is 14.6. The van der Waals surface area contributed by atoms with Crippen molar-refractivity contribution < 1.29 is 19.1 Å². The van der Waals surface area contributed by atoms with Gasteiger partial charge in [0.2, 0.25) is 11.8 Å². The lowest BCUT2D eigenvalue weighted by Crippen LogP contribution is -2.43. The van der Waals surface area contributed by atoms with Crippen molar-refractivity contribution in [2.24, 2.45) is 0 Å². The summed E-state index contributed by atoms with van der Waals surface area (Å²) >= 11 is 0. The average molecular weight is 568 g/mol. The van der Waals surface area contributed by atoms with Crippen molar-refractivity contribution in [3.8, 4) is 5.75 Å². The molecule has 3 amide bonds. The van der Waals surface area contributed by atoms with Crippen LogP contribution >= 0.6 is 0 Å². The molecule has 2 aliphatic rings. The molecule has 0 spiro atoms. The number of pyridine rings is 1. The lowest BCUT2D eigenvalue weighted by Gasteiger charge is -2.24. The number of hydrogen-bond donors (Lipinski definition) is 3. The van der Waals surface area contributed by atoms with Crippen LogP contribution in [0.5, 0.6) is 5.75 Å². The van der Waals surface area contributed by atoms with Crippen LogP contribution in [0.2, 0.25) is 0 Å². The fourth-order valence-corrected chi connectivity index (χ4v) is 5.21. The minimum atomic E-state index is -0.569. The second kappa shape index (κ2) is 13.9. The molecule has 9 nitrogen and oxygen atoms in total. The maximum Gasteiger partial charge on any atom is 0.276 e. The Hall–Kier alpha value is -4.50. The number of nitrogens with one attached hydrogen (secondary N) is 3. The molecule has 9 heteroatoms. The molecule has 0 bridgehead atoms. The Morgan fingerprint density at radius 3 is 2.21 bits per heavy atom. The molecule has 1 aromatic heterocycles. The summed E-state index contributed by atoms with van der Waals surface area (Å²) in [4.78, 5) is 44.7. The van der Waals surface area contributed by atoms with E-state index in [4.69, 9.17) is 4.74 Å². The van der Waals surface area contributed by atoms with Crippen LogP contribution in [0.1, 0.15) is 60.6 Å². The number of rotatable bonds is 10. The molecule has 5 rings (SSSR count). The van der Waals surface area contributed by atoms with Crippen molar-refractivity contribution in [1.29, 1.82) is 0 Å². The molecule has 2 aromatic carbocycles. The first-order valence-electron chi connectivity index (χ1n) is 14.6. The van der Waals surface area contributed by atoms with Gasteiger partial charge >= 0.3 is 0 Å². The molecular weight excluding hydrogens is 530 g/mol. The molecule has 2 aliphatic heterocycles. The van der Waals surface area contributed by atoms with Crippen LogP contribution in [0.3, 0.4) is 0 Å². The number of amides is 3. The van der Waals surface area contributed by atoms with Crippen molar-refractivity contribution in [3.05, 3.63) is 83.7 Å². The van der Waals surface area contributed by atoms with E-state index in [1.807, 2.05) is 67.6 Å². The number of aromatic nitrogens is 1. The molecule has 0 unspecified atom stereocenters. The van der Waals surface area contributed by atoms with E-state index in [-0.39, 0.29) is 29.5 Å². The summed E-state index contributed by atoms with van der Waals surface area (Å²) in [5, 5.41) is 9.13. The molecule has 0 radical (unpaired) electrons. The predicted molar refractivity (Wildman–Crippen MR) is 164 cm³/mol. The fourth-order valence-electron chi connectivity index (χ4n) is 5.21. The molecule has 2 atom stereocenters. The third-order valence-corrected chi connectivity index (χ3v) is 7.45. The summed E-state index contributed by atoms with van der Waals surface area (Å²) in [7, 11) is 0. The summed E-state index contributed by atoms with van der Waals surface area (Å²) in [6, 6.07) is 18.1. The Morgan fingerprint density at radius 1 is 0.929 bits per heavy atom. The lowest BCUT2D eigenvalue weighted by atomic mass is 10.1. The van der Waals surface area contributed by atoms with Crippen LogP contribution in [0, 0.1) is 0 Å². The molecular formula is C33H37N5O4. The zero-order valence-electron chi connectivity index (χ0n) is 23.8. The number of carbonyl (C=O) groups excluding carboxylic acids is 3. The number of carbonyl (C=O) groups is 3. The third-order valence-electron chi connectivity index (χ3n) is 7.45. The van der Waals surface area contributed by atoms with Crippen LogP contribution in [0.4, 0.5) is 11.4 Å². The zero-order valence-corrected chi connectivity index (χ0v) is 23.8. The number of nitrogens with zero attached hydrogens (tertiary/aromatic N) is 2. The van der Waals surface area contributed by atoms with Gasteiger partial charge in [0.1, 0.15) is 6.04 Å². The highest BCUT2D eigenvalue weighted by molar-refractivity contribution is 6.02.